The number of ether oxygens (including phenoxy) is 3. The maximum Gasteiger partial charge on any atom is 0.356 e. The van der Waals surface area contributed by atoms with Gasteiger partial charge in [0.1, 0.15) is 11.5 Å². The zero-order valence-corrected chi connectivity index (χ0v) is 19.6. The van der Waals surface area contributed by atoms with E-state index in [9.17, 15) is 4.79 Å². The fraction of sp³-hybridized carbons (Fsp3) is 0.308. The van der Waals surface area contributed by atoms with Crippen LogP contribution in [0.2, 0.25) is 0 Å². The van der Waals surface area contributed by atoms with Gasteiger partial charge >= 0.3 is 5.97 Å². The normalized spacial score (nSPS) is 18.8. The highest BCUT2D eigenvalue weighted by atomic mass is 16.6. The highest BCUT2D eigenvalue weighted by Gasteiger charge is 2.32. The van der Waals surface area contributed by atoms with Gasteiger partial charge in [0.2, 0.25) is 0 Å². The predicted octanol–water partition coefficient (Wildman–Crippen LogP) is 3.98. The molecule has 0 radical (unpaired) electrons. The Kier molecular flexibility index (Phi) is 5.88. The molecule has 176 valence electrons. The number of hydrogen-bond donors (Lipinski definition) is 1. The summed E-state index contributed by atoms with van der Waals surface area (Å²) in [5.74, 6) is 1.79. The van der Waals surface area contributed by atoms with Crippen LogP contribution in [-0.2, 0) is 9.53 Å². The Hall–Kier alpha value is -3.94. The van der Waals surface area contributed by atoms with Gasteiger partial charge in [0, 0.05) is 24.2 Å². The molecule has 8 heteroatoms. The Morgan fingerprint density at radius 3 is 2.50 bits per heavy atom. The molecule has 2 aliphatic heterocycles. The molecule has 0 saturated carbocycles. The van der Waals surface area contributed by atoms with Crippen molar-refractivity contribution in [1.29, 1.82) is 0 Å². The van der Waals surface area contributed by atoms with Gasteiger partial charge < -0.3 is 24.4 Å². The van der Waals surface area contributed by atoms with E-state index in [0.29, 0.717) is 17.2 Å². The van der Waals surface area contributed by atoms with Gasteiger partial charge in [0.15, 0.2) is 17.7 Å². The Morgan fingerprint density at radius 2 is 1.79 bits per heavy atom. The third-order valence-corrected chi connectivity index (χ3v) is 6.22. The molecule has 34 heavy (non-hydrogen) atoms. The fourth-order valence-corrected chi connectivity index (χ4v) is 4.49. The number of carbonyl (C=O) groups is 1. The van der Waals surface area contributed by atoms with Crippen LogP contribution >= 0.6 is 0 Å². The number of hydrogen-bond acceptors (Lipinski definition) is 7. The minimum Gasteiger partial charge on any atom is -0.493 e. The van der Waals surface area contributed by atoms with Crippen LogP contribution in [0.3, 0.4) is 0 Å². The summed E-state index contributed by atoms with van der Waals surface area (Å²) in [6.07, 6.45) is 3.52. The van der Waals surface area contributed by atoms with Crippen molar-refractivity contribution < 1.29 is 19.0 Å². The number of cyclic esters (lactones) is 1. The van der Waals surface area contributed by atoms with E-state index in [2.05, 4.69) is 10.2 Å². The lowest BCUT2D eigenvalue weighted by Gasteiger charge is -2.20. The lowest BCUT2D eigenvalue weighted by molar-refractivity contribution is -0.139. The standard InChI is InChI=1S/C26H28N4O4/c1-17-20(25(29-13-7-8-14-29)30(28-17)19-9-5-4-6-10-19)16-21-26(31)34-24(27-21)18-11-12-22(32-2)23(15-18)33-3/h4-6,9-12,15-16,24,27H,7-8,13-14H2,1-3H3/b21-16+/t24-/m1/s1. The van der Waals surface area contributed by atoms with Crippen LogP contribution in [0, 0.1) is 6.92 Å². The first-order chi connectivity index (χ1) is 16.6. The molecule has 2 aliphatic rings. The van der Waals surface area contributed by atoms with Crippen molar-refractivity contribution in [3.8, 4) is 17.2 Å². The zero-order chi connectivity index (χ0) is 23.7. The van der Waals surface area contributed by atoms with Gasteiger partial charge in [-0.2, -0.15) is 5.10 Å². The van der Waals surface area contributed by atoms with Crippen molar-refractivity contribution in [1.82, 2.24) is 15.1 Å². The van der Waals surface area contributed by atoms with Gasteiger partial charge in [-0.15, -0.1) is 0 Å². The number of para-hydroxylation sites is 1. The van der Waals surface area contributed by atoms with Crippen molar-refractivity contribution in [3.63, 3.8) is 0 Å². The van der Waals surface area contributed by atoms with Crippen LogP contribution < -0.4 is 19.7 Å². The molecule has 8 nitrogen and oxygen atoms in total. The molecule has 1 aromatic heterocycles. The number of aryl methyl sites for hydroxylation is 1. The molecule has 2 saturated heterocycles. The molecule has 0 spiro atoms. The number of benzene rings is 2. The quantitative estimate of drug-likeness (QED) is 0.440. The Balaban J connectivity index is 1.51. The topological polar surface area (TPSA) is 77.9 Å². The molecule has 0 amide bonds. The summed E-state index contributed by atoms with van der Waals surface area (Å²) in [6, 6.07) is 15.5. The smallest absolute Gasteiger partial charge is 0.356 e. The number of aromatic nitrogens is 2. The molecule has 2 fully saturated rings. The first-order valence-electron chi connectivity index (χ1n) is 11.4. The second-order valence-corrected chi connectivity index (χ2v) is 8.37. The van der Waals surface area contributed by atoms with Gasteiger partial charge in [-0.25, -0.2) is 9.48 Å². The Labute approximate surface area is 198 Å². The van der Waals surface area contributed by atoms with E-state index < -0.39 is 12.2 Å². The third kappa shape index (κ3) is 3.96. The lowest BCUT2D eigenvalue weighted by Crippen LogP contribution is -2.22. The maximum atomic E-state index is 12.8. The second kappa shape index (κ2) is 9.13. The molecule has 3 aromatic rings. The highest BCUT2D eigenvalue weighted by molar-refractivity contribution is 5.96. The molecule has 2 aromatic carbocycles. The highest BCUT2D eigenvalue weighted by Crippen LogP contribution is 2.35. The summed E-state index contributed by atoms with van der Waals surface area (Å²) in [5, 5.41) is 8.06. The number of anilines is 1. The molecule has 0 aliphatic carbocycles. The van der Waals surface area contributed by atoms with Gasteiger partial charge in [-0.1, -0.05) is 18.2 Å². The van der Waals surface area contributed by atoms with Gasteiger partial charge in [-0.3, -0.25) is 0 Å². The van der Waals surface area contributed by atoms with Crippen LogP contribution in [0.15, 0.2) is 54.2 Å². The Bertz CT molecular complexity index is 1230. The van der Waals surface area contributed by atoms with Crippen molar-refractivity contribution in [2.75, 3.05) is 32.2 Å². The number of rotatable bonds is 6. The Morgan fingerprint density at radius 1 is 1.06 bits per heavy atom. The van der Waals surface area contributed by atoms with E-state index >= 15 is 0 Å². The number of nitrogens with zero attached hydrogens (tertiary/aromatic N) is 3. The van der Waals surface area contributed by atoms with Crippen LogP contribution in [0.4, 0.5) is 5.82 Å². The molecule has 5 rings (SSSR count). The monoisotopic (exact) mass is 460 g/mol. The van der Waals surface area contributed by atoms with Gasteiger partial charge in [0.25, 0.3) is 0 Å². The molecule has 3 heterocycles. The van der Waals surface area contributed by atoms with Crippen LogP contribution in [0.5, 0.6) is 11.5 Å². The van der Waals surface area contributed by atoms with Crippen molar-refractivity contribution >= 4 is 17.9 Å². The lowest BCUT2D eigenvalue weighted by atomic mass is 10.1. The molecule has 0 bridgehead atoms. The minimum absolute atomic E-state index is 0.399. The molecular weight excluding hydrogens is 432 g/mol. The predicted molar refractivity (Wildman–Crippen MR) is 129 cm³/mol. The summed E-state index contributed by atoms with van der Waals surface area (Å²) >= 11 is 0. The molecule has 1 atom stereocenters. The van der Waals surface area contributed by atoms with Crippen molar-refractivity contribution in [2.24, 2.45) is 0 Å². The zero-order valence-electron chi connectivity index (χ0n) is 19.6. The maximum absolute atomic E-state index is 12.8. The van der Waals surface area contributed by atoms with E-state index in [1.807, 2.05) is 54.1 Å². The average molecular weight is 461 g/mol. The van der Waals surface area contributed by atoms with Crippen LogP contribution in [0.25, 0.3) is 11.8 Å². The number of methoxy groups -OCH3 is 2. The van der Waals surface area contributed by atoms with Crippen molar-refractivity contribution in [3.05, 3.63) is 71.0 Å². The summed E-state index contributed by atoms with van der Waals surface area (Å²) in [5.41, 5.74) is 3.92. The third-order valence-electron chi connectivity index (χ3n) is 6.22. The van der Waals surface area contributed by atoms with Crippen molar-refractivity contribution in [2.45, 2.75) is 26.0 Å². The van der Waals surface area contributed by atoms with Gasteiger partial charge in [-0.05, 0) is 56.2 Å². The fourth-order valence-electron chi connectivity index (χ4n) is 4.49. The largest absolute Gasteiger partial charge is 0.493 e. The number of nitrogens with one attached hydrogen (secondary N) is 1. The molecule has 0 unspecified atom stereocenters. The first-order valence-corrected chi connectivity index (χ1v) is 11.4. The van der Waals surface area contributed by atoms with E-state index in [1.165, 1.54) is 0 Å². The molecule has 1 N–H and O–H groups in total. The van der Waals surface area contributed by atoms with E-state index in [0.717, 1.165) is 54.3 Å². The summed E-state index contributed by atoms with van der Waals surface area (Å²) in [6.45, 7) is 3.89. The van der Waals surface area contributed by atoms with Crippen LogP contribution in [-0.4, -0.2) is 43.1 Å². The average Bonchev–Trinajstić information content (AvgIpc) is 3.59. The minimum atomic E-state index is -0.613. The SMILES string of the molecule is COc1ccc([C@@H]2N/C(=C/c3c(C)nn(-c4ccccc4)c3N3CCCC3)C(=O)O2)cc1OC. The van der Waals surface area contributed by atoms with E-state index in [4.69, 9.17) is 19.3 Å². The number of esters is 1. The molecular formula is C26H28N4O4. The second-order valence-electron chi connectivity index (χ2n) is 8.37. The summed E-state index contributed by atoms with van der Waals surface area (Å²) in [4.78, 5) is 15.1. The number of carbonyl (C=O) groups excluding carboxylic acids is 1. The summed E-state index contributed by atoms with van der Waals surface area (Å²) in [7, 11) is 3.16. The van der Waals surface area contributed by atoms with E-state index in [-0.39, 0.29) is 0 Å². The summed E-state index contributed by atoms with van der Waals surface area (Å²) < 4.78 is 18.3. The first kappa shape index (κ1) is 21.9. The van der Waals surface area contributed by atoms with E-state index in [1.54, 1.807) is 26.4 Å². The van der Waals surface area contributed by atoms with Gasteiger partial charge in [0.05, 0.1) is 25.6 Å². The van der Waals surface area contributed by atoms with Crippen LogP contribution in [0.1, 0.15) is 35.9 Å².